The lowest BCUT2D eigenvalue weighted by Gasteiger charge is -2.36. The summed E-state index contributed by atoms with van der Waals surface area (Å²) in [5.74, 6) is 0.198. The van der Waals surface area contributed by atoms with Crippen LogP contribution in [0.4, 0.5) is 5.69 Å². The maximum atomic E-state index is 10.5. The van der Waals surface area contributed by atoms with Gasteiger partial charge in [0.15, 0.2) is 0 Å². The number of ether oxygens (including phenoxy) is 1. The zero-order valence-corrected chi connectivity index (χ0v) is 12.2. The number of aliphatic hydroxyl groups is 1. The summed E-state index contributed by atoms with van der Waals surface area (Å²) in [6.07, 6.45) is 1.28. The summed E-state index contributed by atoms with van der Waals surface area (Å²) >= 11 is 0. The molecule has 2 rings (SSSR count). The average Bonchev–Trinajstić information content (AvgIpc) is 2.38. The van der Waals surface area contributed by atoms with Crippen LogP contribution in [0.2, 0.25) is 0 Å². The molecule has 0 amide bonds. The molecule has 1 unspecified atom stereocenters. The van der Waals surface area contributed by atoms with Gasteiger partial charge < -0.3 is 25.6 Å². The van der Waals surface area contributed by atoms with Crippen molar-refractivity contribution in [3.63, 3.8) is 0 Å². The Morgan fingerprint density at radius 2 is 2.05 bits per heavy atom. The molecule has 0 radical (unpaired) electrons. The highest BCUT2D eigenvalue weighted by Crippen LogP contribution is 2.29. The molecule has 1 aromatic rings. The maximum Gasteiger partial charge on any atom is 0.122 e. The van der Waals surface area contributed by atoms with Gasteiger partial charge >= 0.3 is 0 Å². The minimum atomic E-state index is -0.720. The molecule has 4 N–H and O–H groups in total. The van der Waals surface area contributed by atoms with Gasteiger partial charge in [-0.3, -0.25) is 0 Å². The molecule has 1 heterocycles. The predicted molar refractivity (Wildman–Crippen MR) is 79.0 cm³/mol. The summed E-state index contributed by atoms with van der Waals surface area (Å²) in [4.78, 5) is 1.95. The molecule has 1 fully saturated rings. The van der Waals surface area contributed by atoms with E-state index in [4.69, 9.17) is 10.5 Å². The Morgan fingerprint density at radius 3 is 2.60 bits per heavy atom. The summed E-state index contributed by atoms with van der Waals surface area (Å²) in [5.41, 5.74) is 6.66. The molecule has 1 atom stereocenters. The van der Waals surface area contributed by atoms with Gasteiger partial charge in [-0.05, 0) is 13.0 Å². The highest BCUT2D eigenvalue weighted by atomic mass is 16.5. The Bertz CT molecular complexity index is 456. The van der Waals surface area contributed by atoms with E-state index in [2.05, 4.69) is 0 Å². The van der Waals surface area contributed by atoms with Crippen molar-refractivity contribution in [2.75, 3.05) is 31.7 Å². The van der Waals surface area contributed by atoms with Crippen LogP contribution in [0.3, 0.4) is 0 Å². The number of likely N-dealkylation sites (N-methyl/N-ethyl adjacent to an activating group) is 1. The smallest absolute Gasteiger partial charge is 0.122 e. The molecule has 20 heavy (non-hydrogen) atoms. The number of nitrogens with two attached hydrogens (primary N) is 1. The molecule has 5 heteroatoms. The molecule has 1 aliphatic rings. The van der Waals surface area contributed by atoms with Gasteiger partial charge in [-0.25, -0.2) is 0 Å². The van der Waals surface area contributed by atoms with Gasteiger partial charge in [-0.1, -0.05) is 6.07 Å². The van der Waals surface area contributed by atoms with Gasteiger partial charge in [-0.2, -0.15) is 0 Å². The van der Waals surface area contributed by atoms with Gasteiger partial charge in [0.1, 0.15) is 5.75 Å². The van der Waals surface area contributed by atoms with Crippen molar-refractivity contribution >= 4 is 5.69 Å². The van der Waals surface area contributed by atoms with Crippen molar-refractivity contribution in [3.8, 4) is 5.75 Å². The molecule has 1 aliphatic heterocycles. The zero-order chi connectivity index (χ0) is 14.8. The standard InChI is InChI=1S/C15H24N2O3/c1-11(16)13-4-3-12(9-14(13)18)17(2)10-15(19)5-7-20-8-6-15/h3-4,9,11,18-19H,5-8,10,16H2,1-2H3. The lowest BCUT2D eigenvalue weighted by Crippen LogP contribution is -2.45. The van der Waals surface area contributed by atoms with E-state index in [1.807, 2.05) is 31.0 Å². The van der Waals surface area contributed by atoms with Crippen LogP contribution in [-0.4, -0.2) is 42.6 Å². The Hall–Kier alpha value is -1.30. The van der Waals surface area contributed by atoms with Crippen LogP contribution in [0.5, 0.6) is 5.75 Å². The van der Waals surface area contributed by atoms with Crippen LogP contribution in [0.25, 0.3) is 0 Å². The third-order valence-corrected chi connectivity index (χ3v) is 3.90. The topological polar surface area (TPSA) is 79.0 Å². The molecule has 0 aliphatic carbocycles. The van der Waals surface area contributed by atoms with E-state index in [1.165, 1.54) is 0 Å². The molecular formula is C15H24N2O3. The van der Waals surface area contributed by atoms with Gasteiger partial charge in [0.2, 0.25) is 0 Å². The van der Waals surface area contributed by atoms with Crippen molar-refractivity contribution in [1.82, 2.24) is 0 Å². The lowest BCUT2D eigenvalue weighted by molar-refractivity contribution is -0.0572. The number of benzene rings is 1. The molecule has 0 spiro atoms. The van der Waals surface area contributed by atoms with Crippen LogP contribution >= 0.6 is 0 Å². The Balaban J connectivity index is 2.09. The van der Waals surface area contributed by atoms with Crippen molar-refractivity contribution in [1.29, 1.82) is 0 Å². The fourth-order valence-electron chi connectivity index (χ4n) is 2.60. The summed E-state index contributed by atoms with van der Waals surface area (Å²) < 4.78 is 5.28. The highest BCUT2D eigenvalue weighted by molar-refractivity contribution is 5.53. The Labute approximate surface area is 120 Å². The molecule has 0 bridgehead atoms. The third kappa shape index (κ3) is 3.42. The zero-order valence-electron chi connectivity index (χ0n) is 12.2. The normalized spacial score (nSPS) is 19.6. The first-order chi connectivity index (χ1) is 9.41. The Morgan fingerprint density at radius 1 is 1.40 bits per heavy atom. The van der Waals surface area contributed by atoms with E-state index >= 15 is 0 Å². The highest BCUT2D eigenvalue weighted by Gasteiger charge is 2.31. The number of aromatic hydroxyl groups is 1. The van der Waals surface area contributed by atoms with Crippen LogP contribution in [0.15, 0.2) is 18.2 Å². The summed E-state index contributed by atoms with van der Waals surface area (Å²) in [6.45, 7) is 3.55. The first-order valence-corrected chi connectivity index (χ1v) is 7.01. The van der Waals surface area contributed by atoms with E-state index in [0.717, 1.165) is 11.3 Å². The molecular weight excluding hydrogens is 256 g/mol. The van der Waals surface area contributed by atoms with Crippen molar-refractivity contribution in [3.05, 3.63) is 23.8 Å². The first-order valence-electron chi connectivity index (χ1n) is 7.01. The average molecular weight is 280 g/mol. The third-order valence-electron chi connectivity index (χ3n) is 3.90. The van der Waals surface area contributed by atoms with E-state index in [-0.39, 0.29) is 11.8 Å². The van der Waals surface area contributed by atoms with Gasteiger partial charge in [0.25, 0.3) is 0 Å². The van der Waals surface area contributed by atoms with Crippen LogP contribution in [-0.2, 0) is 4.74 Å². The first kappa shape index (κ1) is 15.1. The van der Waals surface area contributed by atoms with Crippen molar-refractivity contribution < 1.29 is 14.9 Å². The number of nitrogens with zero attached hydrogens (tertiary/aromatic N) is 1. The number of phenolic OH excluding ortho intramolecular Hbond substituents is 1. The fourth-order valence-corrected chi connectivity index (χ4v) is 2.60. The van der Waals surface area contributed by atoms with E-state index in [1.54, 1.807) is 6.07 Å². The largest absolute Gasteiger partial charge is 0.508 e. The second-order valence-corrected chi connectivity index (χ2v) is 5.72. The number of phenols is 1. The fraction of sp³-hybridized carbons (Fsp3) is 0.600. The monoisotopic (exact) mass is 280 g/mol. The quantitative estimate of drug-likeness (QED) is 0.777. The molecule has 1 aromatic carbocycles. The number of hydrogen-bond acceptors (Lipinski definition) is 5. The lowest BCUT2D eigenvalue weighted by atomic mass is 9.93. The summed E-state index contributed by atoms with van der Waals surface area (Å²) in [6, 6.07) is 5.25. The van der Waals surface area contributed by atoms with Gasteiger partial charge in [0, 0.05) is 63.0 Å². The van der Waals surface area contributed by atoms with Crippen molar-refractivity contribution in [2.24, 2.45) is 5.73 Å². The van der Waals surface area contributed by atoms with Crippen LogP contribution in [0.1, 0.15) is 31.4 Å². The van der Waals surface area contributed by atoms with E-state index < -0.39 is 5.60 Å². The Kier molecular flexibility index (Phi) is 4.52. The maximum absolute atomic E-state index is 10.5. The number of hydrogen-bond donors (Lipinski definition) is 3. The van der Waals surface area contributed by atoms with Crippen LogP contribution < -0.4 is 10.6 Å². The number of rotatable bonds is 4. The van der Waals surface area contributed by atoms with E-state index in [9.17, 15) is 10.2 Å². The second-order valence-electron chi connectivity index (χ2n) is 5.72. The molecule has 112 valence electrons. The van der Waals surface area contributed by atoms with Gasteiger partial charge in [-0.15, -0.1) is 0 Å². The SMILES string of the molecule is CC(N)c1ccc(N(C)CC2(O)CCOCC2)cc1O. The summed E-state index contributed by atoms with van der Waals surface area (Å²) in [5, 5.41) is 20.5. The predicted octanol–water partition coefficient (Wildman–Crippen LogP) is 1.39. The minimum Gasteiger partial charge on any atom is -0.508 e. The van der Waals surface area contributed by atoms with E-state index in [0.29, 0.717) is 32.6 Å². The molecule has 0 saturated carbocycles. The molecule has 1 saturated heterocycles. The minimum absolute atomic E-state index is 0.198. The van der Waals surface area contributed by atoms with Crippen LogP contribution in [0, 0.1) is 0 Å². The summed E-state index contributed by atoms with van der Waals surface area (Å²) in [7, 11) is 1.91. The molecule has 0 aromatic heterocycles. The van der Waals surface area contributed by atoms with Gasteiger partial charge in [0.05, 0.1) is 5.60 Å². The second kappa shape index (κ2) is 5.99. The molecule has 5 nitrogen and oxygen atoms in total. The number of anilines is 1. The van der Waals surface area contributed by atoms with Crippen molar-refractivity contribution in [2.45, 2.75) is 31.4 Å².